The smallest absolute Gasteiger partial charge is 0.450 e. The van der Waals surface area contributed by atoms with Gasteiger partial charge in [-0.05, 0) is 19.1 Å². The summed E-state index contributed by atoms with van der Waals surface area (Å²) in [5, 5.41) is 5.95. The van der Waals surface area contributed by atoms with Gasteiger partial charge in [-0.15, -0.1) is 0 Å². The molecular weight excluding hydrogens is 212 g/mol. The number of benzene rings is 1. The second-order valence-electron chi connectivity index (χ2n) is 2.85. The van der Waals surface area contributed by atoms with E-state index in [-0.39, 0.29) is 0 Å². The first-order valence-corrected chi connectivity index (χ1v) is 4.40. The molecule has 0 saturated carbocycles. The van der Waals surface area contributed by atoms with E-state index < -0.39 is 12.2 Å². The maximum absolute atomic E-state index is 11.0. The lowest BCUT2D eigenvalue weighted by atomic mass is 10.2. The van der Waals surface area contributed by atoms with Crippen LogP contribution in [0.2, 0.25) is 0 Å². The highest BCUT2D eigenvalue weighted by atomic mass is 16.6. The number of hydrogen-bond acceptors (Lipinski definition) is 4. The van der Waals surface area contributed by atoms with E-state index in [1.807, 2.05) is 6.92 Å². The van der Waals surface area contributed by atoms with Crippen molar-refractivity contribution in [1.29, 1.82) is 0 Å². The van der Waals surface area contributed by atoms with Crippen LogP contribution in [0.5, 0.6) is 5.75 Å². The van der Waals surface area contributed by atoms with Gasteiger partial charge in [0.05, 0.1) is 7.11 Å². The van der Waals surface area contributed by atoms with Crippen LogP contribution in [0.15, 0.2) is 34.5 Å². The van der Waals surface area contributed by atoms with Crippen molar-refractivity contribution in [3.8, 4) is 5.75 Å². The summed E-state index contributed by atoms with van der Waals surface area (Å²) in [6.45, 7) is 1.91. The van der Waals surface area contributed by atoms with Crippen molar-refractivity contribution in [2.45, 2.75) is 6.92 Å². The third-order valence-electron chi connectivity index (χ3n) is 1.61. The van der Waals surface area contributed by atoms with Crippen LogP contribution < -0.4 is 4.74 Å². The van der Waals surface area contributed by atoms with E-state index in [0.717, 1.165) is 12.7 Å². The maximum atomic E-state index is 11.0. The van der Waals surface area contributed by atoms with Gasteiger partial charge in [0.1, 0.15) is 5.75 Å². The van der Waals surface area contributed by atoms with Crippen molar-refractivity contribution in [2.75, 3.05) is 7.11 Å². The van der Waals surface area contributed by atoms with Crippen LogP contribution in [-0.2, 0) is 4.74 Å². The van der Waals surface area contributed by atoms with E-state index in [1.165, 1.54) is 0 Å². The predicted molar refractivity (Wildman–Crippen MR) is 54.5 cm³/mol. The third-order valence-corrected chi connectivity index (χ3v) is 1.61. The topological polar surface area (TPSA) is 77.3 Å². The monoisotopic (exact) mass is 222 g/mol. The standard InChI is InChI=1S/C10H10N2O4/c1-7-3-5-8(6-4-7)16-10(14)12-11-9(13)15-2/h3-6H,1-2H3/b12-11+. The van der Waals surface area contributed by atoms with Crippen molar-refractivity contribution >= 4 is 12.2 Å². The summed E-state index contributed by atoms with van der Waals surface area (Å²) in [5.41, 5.74) is 1.04. The summed E-state index contributed by atoms with van der Waals surface area (Å²) in [6, 6.07) is 6.78. The highest BCUT2D eigenvalue weighted by molar-refractivity contribution is 5.74. The lowest BCUT2D eigenvalue weighted by Crippen LogP contribution is -2.02. The van der Waals surface area contributed by atoms with Gasteiger partial charge in [0, 0.05) is 0 Å². The van der Waals surface area contributed by atoms with Crippen LogP contribution >= 0.6 is 0 Å². The normalized spacial score (nSPS) is 10.1. The molecule has 16 heavy (non-hydrogen) atoms. The van der Waals surface area contributed by atoms with Crippen LogP contribution in [0.25, 0.3) is 0 Å². The number of aryl methyl sites for hydroxylation is 1. The minimum absolute atomic E-state index is 0.333. The average Bonchev–Trinajstić information content (AvgIpc) is 2.29. The molecule has 2 amide bonds. The van der Waals surface area contributed by atoms with Gasteiger partial charge in [0.2, 0.25) is 0 Å². The number of amides is 2. The van der Waals surface area contributed by atoms with Crippen molar-refractivity contribution in [3.05, 3.63) is 29.8 Å². The summed E-state index contributed by atoms with van der Waals surface area (Å²) in [6.07, 6.45) is -1.94. The Labute approximate surface area is 91.9 Å². The van der Waals surface area contributed by atoms with Crippen molar-refractivity contribution in [1.82, 2.24) is 0 Å². The first kappa shape index (κ1) is 11.8. The predicted octanol–water partition coefficient (Wildman–Crippen LogP) is 2.71. The molecule has 0 aliphatic rings. The second kappa shape index (κ2) is 5.59. The van der Waals surface area contributed by atoms with Crippen LogP contribution in [0.3, 0.4) is 0 Å². The number of carbonyl (C=O) groups is 2. The quantitative estimate of drug-likeness (QED) is 0.684. The molecular formula is C10H10N2O4. The highest BCUT2D eigenvalue weighted by Gasteiger charge is 2.03. The first-order valence-electron chi connectivity index (χ1n) is 4.40. The molecule has 1 rings (SSSR count). The van der Waals surface area contributed by atoms with Gasteiger partial charge in [-0.25, -0.2) is 9.59 Å². The van der Waals surface area contributed by atoms with Crippen molar-refractivity contribution < 1.29 is 19.1 Å². The lowest BCUT2D eigenvalue weighted by Gasteiger charge is -1.99. The number of hydrogen-bond donors (Lipinski definition) is 0. The number of ether oxygens (including phenoxy) is 2. The van der Waals surface area contributed by atoms with Gasteiger partial charge in [0.15, 0.2) is 0 Å². The fraction of sp³-hybridized carbons (Fsp3) is 0.200. The molecule has 0 aliphatic heterocycles. The number of rotatable bonds is 1. The van der Waals surface area contributed by atoms with Gasteiger partial charge in [-0.2, -0.15) is 0 Å². The molecule has 1 aromatic rings. The van der Waals surface area contributed by atoms with Crippen molar-refractivity contribution in [2.24, 2.45) is 10.2 Å². The van der Waals surface area contributed by atoms with E-state index in [0.29, 0.717) is 5.75 Å². The summed E-state index contributed by atoms with van der Waals surface area (Å²) in [4.78, 5) is 21.6. The van der Waals surface area contributed by atoms with E-state index in [2.05, 4.69) is 15.0 Å². The molecule has 0 heterocycles. The Bertz CT molecular complexity index is 411. The number of methoxy groups -OCH3 is 1. The minimum Gasteiger partial charge on any atom is -0.450 e. The largest absolute Gasteiger partial charge is 0.458 e. The molecule has 0 atom stereocenters. The fourth-order valence-corrected chi connectivity index (χ4v) is 0.850. The molecule has 0 radical (unpaired) electrons. The van der Waals surface area contributed by atoms with E-state index in [9.17, 15) is 9.59 Å². The van der Waals surface area contributed by atoms with Gasteiger partial charge >= 0.3 is 12.2 Å². The van der Waals surface area contributed by atoms with Gasteiger partial charge in [-0.1, -0.05) is 27.9 Å². The summed E-state index contributed by atoms with van der Waals surface area (Å²) >= 11 is 0. The SMILES string of the molecule is COC(=O)/N=N/C(=O)Oc1ccc(C)cc1. The van der Waals surface area contributed by atoms with E-state index in [4.69, 9.17) is 4.74 Å². The molecule has 0 unspecified atom stereocenters. The zero-order chi connectivity index (χ0) is 12.0. The Kier molecular flexibility index (Phi) is 4.14. The molecule has 0 aliphatic carbocycles. The third kappa shape index (κ3) is 3.87. The van der Waals surface area contributed by atoms with E-state index in [1.54, 1.807) is 24.3 Å². The average molecular weight is 222 g/mol. The number of nitrogens with zero attached hydrogens (tertiary/aromatic N) is 2. The van der Waals surface area contributed by atoms with Crippen LogP contribution in [0, 0.1) is 6.92 Å². The second-order valence-corrected chi connectivity index (χ2v) is 2.85. The van der Waals surface area contributed by atoms with Crippen molar-refractivity contribution in [3.63, 3.8) is 0 Å². The van der Waals surface area contributed by atoms with Crippen LogP contribution in [0.1, 0.15) is 5.56 Å². The molecule has 0 fully saturated rings. The molecule has 0 spiro atoms. The molecule has 0 aromatic heterocycles. The maximum Gasteiger partial charge on any atom is 0.458 e. The van der Waals surface area contributed by atoms with Gasteiger partial charge in [0.25, 0.3) is 0 Å². The summed E-state index contributed by atoms with van der Waals surface area (Å²) in [5.74, 6) is 0.333. The highest BCUT2D eigenvalue weighted by Crippen LogP contribution is 2.11. The number of carbonyl (C=O) groups excluding carboxylic acids is 2. The van der Waals surface area contributed by atoms with Crippen LogP contribution in [-0.4, -0.2) is 19.3 Å². The summed E-state index contributed by atoms with van der Waals surface area (Å²) < 4.78 is 8.92. The number of azo groups is 1. The molecule has 1 aromatic carbocycles. The van der Waals surface area contributed by atoms with E-state index >= 15 is 0 Å². The lowest BCUT2D eigenvalue weighted by molar-refractivity contribution is 0.178. The zero-order valence-corrected chi connectivity index (χ0v) is 8.84. The molecule has 0 bridgehead atoms. The van der Waals surface area contributed by atoms with Crippen LogP contribution in [0.4, 0.5) is 9.59 Å². The minimum atomic E-state index is -0.978. The first-order chi connectivity index (χ1) is 7.61. The Morgan fingerprint density at radius 1 is 1.06 bits per heavy atom. The van der Waals surface area contributed by atoms with Gasteiger partial charge in [-0.3, -0.25) is 0 Å². The molecule has 6 nitrogen and oxygen atoms in total. The zero-order valence-electron chi connectivity index (χ0n) is 8.84. The fourth-order valence-electron chi connectivity index (χ4n) is 0.850. The Morgan fingerprint density at radius 3 is 2.19 bits per heavy atom. The molecule has 84 valence electrons. The Morgan fingerprint density at radius 2 is 1.62 bits per heavy atom. The summed E-state index contributed by atoms with van der Waals surface area (Å²) in [7, 11) is 1.13. The Hall–Kier alpha value is -2.24. The Balaban J connectivity index is 2.55. The molecule has 6 heteroatoms. The van der Waals surface area contributed by atoms with Gasteiger partial charge < -0.3 is 9.47 Å². The molecule has 0 N–H and O–H groups in total. The molecule has 0 saturated heterocycles.